The average molecular weight is 236 g/mol. The van der Waals surface area contributed by atoms with Gasteiger partial charge in [-0.3, -0.25) is 0 Å². The maximum atomic E-state index is 8.80. The van der Waals surface area contributed by atoms with E-state index >= 15 is 0 Å². The molecule has 0 aromatic carbocycles. The first-order chi connectivity index (χ1) is 8.20. The smallest absolute Gasteiger partial charge is 0.148 e. The molecule has 0 fully saturated rings. The van der Waals surface area contributed by atoms with Crippen LogP contribution >= 0.6 is 0 Å². The van der Waals surface area contributed by atoms with E-state index in [0.717, 1.165) is 11.5 Å². The van der Waals surface area contributed by atoms with Crippen LogP contribution in [0.5, 0.6) is 0 Å². The lowest BCUT2D eigenvalue weighted by atomic mass is 10.3. The lowest BCUT2D eigenvalue weighted by Crippen LogP contribution is -2.12. The molecule has 0 unspecified atom stereocenters. The van der Waals surface area contributed by atoms with Crippen molar-refractivity contribution in [2.24, 2.45) is 0 Å². The van der Waals surface area contributed by atoms with E-state index in [2.05, 4.69) is 34.2 Å². The van der Waals surface area contributed by atoms with Gasteiger partial charge in [0.25, 0.3) is 0 Å². The highest BCUT2D eigenvalue weighted by Gasteiger charge is 2.09. The van der Waals surface area contributed by atoms with E-state index in [-0.39, 0.29) is 12.6 Å². The van der Waals surface area contributed by atoms with Gasteiger partial charge >= 0.3 is 0 Å². The first kappa shape index (κ1) is 11.7. The van der Waals surface area contributed by atoms with Crippen LogP contribution in [-0.2, 0) is 13.0 Å². The van der Waals surface area contributed by atoms with E-state index in [1.54, 1.807) is 11.0 Å². The van der Waals surface area contributed by atoms with Crippen LogP contribution in [0, 0.1) is 0 Å². The van der Waals surface area contributed by atoms with E-state index in [4.69, 9.17) is 5.11 Å². The van der Waals surface area contributed by atoms with Crippen molar-refractivity contribution in [2.45, 2.75) is 32.9 Å². The topological polar surface area (TPSA) is 81.7 Å². The van der Waals surface area contributed by atoms with E-state index in [1.807, 2.05) is 10.9 Å². The van der Waals surface area contributed by atoms with E-state index in [0.29, 0.717) is 13.0 Å². The molecule has 2 aromatic rings. The van der Waals surface area contributed by atoms with Crippen LogP contribution in [0.2, 0.25) is 0 Å². The second kappa shape index (κ2) is 5.05. The predicted octanol–water partition coefficient (Wildman–Crippen LogP) is 0.0336. The Bertz CT molecular complexity index is 475. The van der Waals surface area contributed by atoms with Gasteiger partial charge in [0.05, 0.1) is 5.69 Å². The Hall–Kier alpha value is -1.76. The largest absolute Gasteiger partial charge is 0.396 e. The number of aromatic nitrogens is 6. The minimum Gasteiger partial charge on any atom is -0.396 e. The van der Waals surface area contributed by atoms with Crippen LogP contribution in [0.15, 0.2) is 12.5 Å². The number of rotatable bonds is 5. The Morgan fingerprint density at radius 1 is 1.41 bits per heavy atom. The molecule has 92 valence electrons. The first-order valence-electron chi connectivity index (χ1n) is 5.59. The summed E-state index contributed by atoms with van der Waals surface area (Å²) >= 11 is 0. The van der Waals surface area contributed by atoms with Crippen LogP contribution in [0.25, 0.3) is 0 Å². The summed E-state index contributed by atoms with van der Waals surface area (Å²) in [5.74, 6) is 0.848. The van der Waals surface area contributed by atoms with Gasteiger partial charge in [-0.1, -0.05) is 5.21 Å². The zero-order chi connectivity index (χ0) is 12.3. The quantitative estimate of drug-likeness (QED) is 0.792. The highest BCUT2D eigenvalue weighted by molar-refractivity contribution is 4.95. The molecule has 0 spiro atoms. The fraction of sp³-hybridized carbons (Fsp3) is 0.600. The third-order valence-corrected chi connectivity index (χ3v) is 2.39. The molecule has 2 rings (SSSR count). The number of hydrogen-bond donors (Lipinski definition) is 1. The zero-order valence-corrected chi connectivity index (χ0v) is 9.98. The van der Waals surface area contributed by atoms with Gasteiger partial charge in [0.15, 0.2) is 0 Å². The SMILES string of the molecule is CC(C)n1ncnc1Cn1cc(CCO)nn1. The summed E-state index contributed by atoms with van der Waals surface area (Å²) < 4.78 is 3.56. The van der Waals surface area contributed by atoms with Crippen molar-refractivity contribution in [3.63, 3.8) is 0 Å². The summed E-state index contributed by atoms with van der Waals surface area (Å²) in [6.07, 6.45) is 3.88. The minimum absolute atomic E-state index is 0.0842. The number of nitrogens with zero attached hydrogens (tertiary/aromatic N) is 6. The molecule has 17 heavy (non-hydrogen) atoms. The van der Waals surface area contributed by atoms with Crippen molar-refractivity contribution >= 4 is 0 Å². The highest BCUT2D eigenvalue weighted by Crippen LogP contribution is 2.06. The molecule has 0 saturated heterocycles. The predicted molar refractivity (Wildman–Crippen MR) is 60.3 cm³/mol. The van der Waals surface area contributed by atoms with Crippen LogP contribution < -0.4 is 0 Å². The molecule has 0 bridgehead atoms. The summed E-state index contributed by atoms with van der Waals surface area (Å²) in [5, 5.41) is 20.9. The Labute approximate surface area is 99.1 Å². The Morgan fingerprint density at radius 2 is 2.24 bits per heavy atom. The zero-order valence-electron chi connectivity index (χ0n) is 9.98. The molecule has 0 radical (unpaired) electrons. The van der Waals surface area contributed by atoms with Crippen molar-refractivity contribution < 1.29 is 5.11 Å². The molecular formula is C10H16N6O. The fourth-order valence-electron chi connectivity index (χ4n) is 1.61. The van der Waals surface area contributed by atoms with Crippen LogP contribution in [0.1, 0.15) is 31.4 Å². The molecular weight excluding hydrogens is 220 g/mol. The molecule has 0 saturated carbocycles. The first-order valence-corrected chi connectivity index (χ1v) is 5.59. The lowest BCUT2D eigenvalue weighted by Gasteiger charge is -2.08. The molecule has 0 aliphatic rings. The normalized spacial score (nSPS) is 11.3. The standard InChI is InChI=1S/C10H16N6O/c1-8(2)16-10(11-7-12-16)6-15-5-9(3-4-17)13-14-15/h5,7-8,17H,3-4,6H2,1-2H3. The molecule has 0 aliphatic carbocycles. The number of hydrogen-bond acceptors (Lipinski definition) is 5. The molecule has 0 amide bonds. The van der Waals surface area contributed by atoms with Gasteiger partial charge in [-0.15, -0.1) is 5.10 Å². The van der Waals surface area contributed by atoms with Crippen LogP contribution in [-0.4, -0.2) is 41.5 Å². The molecule has 1 N–H and O–H groups in total. The number of aliphatic hydroxyl groups is 1. The van der Waals surface area contributed by atoms with E-state index in [9.17, 15) is 0 Å². The second-order valence-corrected chi connectivity index (χ2v) is 4.10. The Balaban J connectivity index is 2.11. The molecule has 2 aromatic heterocycles. The maximum Gasteiger partial charge on any atom is 0.148 e. The van der Waals surface area contributed by atoms with Gasteiger partial charge < -0.3 is 5.11 Å². The minimum atomic E-state index is 0.0842. The maximum absolute atomic E-state index is 8.80. The van der Waals surface area contributed by atoms with Gasteiger partial charge in [0, 0.05) is 25.3 Å². The third-order valence-electron chi connectivity index (χ3n) is 2.39. The van der Waals surface area contributed by atoms with Gasteiger partial charge in [0.1, 0.15) is 18.7 Å². The second-order valence-electron chi connectivity index (χ2n) is 4.10. The molecule has 0 atom stereocenters. The van der Waals surface area contributed by atoms with Gasteiger partial charge in [-0.25, -0.2) is 14.3 Å². The van der Waals surface area contributed by atoms with Crippen LogP contribution in [0.3, 0.4) is 0 Å². The molecule has 7 nitrogen and oxygen atoms in total. The van der Waals surface area contributed by atoms with Crippen molar-refractivity contribution in [1.29, 1.82) is 0 Å². The van der Waals surface area contributed by atoms with E-state index in [1.165, 1.54) is 0 Å². The van der Waals surface area contributed by atoms with Crippen molar-refractivity contribution in [1.82, 2.24) is 29.8 Å². The summed E-state index contributed by atoms with van der Waals surface area (Å²) in [5.41, 5.74) is 0.781. The number of aliphatic hydroxyl groups excluding tert-OH is 1. The molecule has 7 heteroatoms. The summed E-state index contributed by atoms with van der Waals surface area (Å²) in [6, 6.07) is 0.271. The fourth-order valence-corrected chi connectivity index (χ4v) is 1.61. The summed E-state index contributed by atoms with van der Waals surface area (Å²) in [7, 11) is 0. The average Bonchev–Trinajstić information content (AvgIpc) is 2.89. The van der Waals surface area contributed by atoms with Crippen molar-refractivity contribution in [3.8, 4) is 0 Å². The summed E-state index contributed by atoms with van der Waals surface area (Å²) in [4.78, 5) is 4.20. The van der Waals surface area contributed by atoms with Crippen molar-refractivity contribution in [2.75, 3.05) is 6.61 Å². The lowest BCUT2D eigenvalue weighted by molar-refractivity contribution is 0.298. The highest BCUT2D eigenvalue weighted by atomic mass is 16.3. The van der Waals surface area contributed by atoms with Gasteiger partial charge in [-0.2, -0.15) is 5.10 Å². The third kappa shape index (κ3) is 2.68. The van der Waals surface area contributed by atoms with Crippen LogP contribution in [0.4, 0.5) is 0 Å². The monoisotopic (exact) mass is 236 g/mol. The summed E-state index contributed by atoms with van der Waals surface area (Å²) in [6.45, 7) is 4.73. The Kier molecular flexibility index (Phi) is 3.48. The molecule has 2 heterocycles. The van der Waals surface area contributed by atoms with Crippen molar-refractivity contribution in [3.05, 3.63) is 24.0 Å². The van der Waals surface area contributed by atoms with Gasteiger partial charge in [-0.05, 0) is 13.8 Å². The molecule has 0 aliphatic heterocycles. The van der Waals surface area contributed by atoms with Gasteiger partial charge in [0.2, 0.25) is 0 Å². The Morgan fingerprint density at radius 3 is 2.94 bits per heavy atom. The van der Waals surface area contributed by atoms with E-state index < -0.39 is 0 Å².